The first-order valence-corrected chi connectivity index (χ1v) is 8.58. The Kier molecular flexibility index (Phi) is 5.72. The summed E-state index contributed by atoms with van der Waals surface area (Å²) < 4.78 is 0. The molecule has 2 N–H and O–H groups in total. The van der Waals surface area contributed by atoms with Gasteiger partial charge in [-0.3, -0.25) is 4.79 Å². The van der Waals surface area contributed by atoms with Crippen LogP contribution in [0.1, 0.15) is 35.3 Å². The molecule has 0 spiro atoms. The van der Waals surface area contributed by atoms with Gasteiger partial charge in [0.1, 0.15) is 0 Å². The second-order valence-corrected chi connectivity index (χ2v) is 5.86. The second kappa shape index (κ2) is 7.75. The molecular formula is C20H21NOS. The topological polar surface area (TPSA) is 43.1 Å². The number of ketones is 1. The van der Waals surface area contributed by atoms with Gasteiger partial charge in [0, 0.05) is 16.5 Å². The normalized spacial score (nSPS) is 9.87. The van der Waals surface area contributed by atoms with Gasteiger partial charge in [-0.05, 0) is 12.5 Å². The van der Waals surface area contributed by atoms with Gasteiger partial charge in [0.05, 0.1) is 10.6 Å². The molecule has 0 aliphatic heterocycles. The van der Waals surface area contributed by atoms with E-state index in [1.54, 1.807) is 0 Å². The van der Waals surface area contributed by atoms with Gasteiger partial charge in [-0.2, -0.15) is 0 Å². The lowest BCUT2D eigenvalue weighted by atomic mass is 9.97. The highest BCUT2D eigenvalue weighted by atomic mass is 32.1. The molecule has 0 aliphatic carbocycles. The first-order valence-electron chi connectivity index (χ1n) is 7.70. The van der Waals surface area contributed by atoms with E-state index in [0.717, 1.165) is 11.1 Å². The molecule has 1 aromatic heterocycles. The highest BCUT2D eigenvalue weighted by molar-refractivity contribution is 7.15. The number of nitrogens with two attached hydrogens (primary N) is 1. The van der Waals surface area contributed by atoms with Crippen molar-refractivity contribution in [3.05, 3.63) is 76.7 Å². The minimum absolute atomic E-state index is 0.0232. The SMILES string of the molecule is CC.Cc1ccc(-c2csc(N)c2C(=O)c2ccccc2)cc1. The fourth-order valence-corrected chi connectivity index (χ4v) is 3.11. The van der Waals surface area contributed by atoms with Crippen molar-refractivity contribution in [1.82, 2.24) is 0 Å². The molecule has 1 heterocycles. The monoisotopic (exact) mass is 323 g/mol. The third-order valence-electron chi connectivity index (χ3n) is 3.45. The van der Waals surface area contributed by atoms with E-state index in [4.69, 9.17) is 5.73 Å². The first kappa shape index (κ1) is 17.0. The van der Waals surface area contributed by atoms with Crippen LogP contribution in [0.3, 0.4) is 0 Å². The number of carbonyl (C=O) groups is 1. The average molecular weight is 323 g/mol. The molecule has 0 saturated carbocycles. The van der Waals surface area contributed by atoms with E-state index in [2.05, 4.69) is 0 Å². The van der Waals surface area contributed by atoms with Crippen LogP contribution in [0.5, 0.6) is 0 Å². The Bertz CT molecular complexity index is 773. The van der Waals surface area contributed by atoms with Crippen LogP contribution in [0.4, 0.5) is 5.00 Å². The van der Waals surface area contributed by atoms with Gasteiger partial charge >= 0.3 is 0 Å². The lowest BCUT2D eigenvalue weighted by Gasteiger charge is -2.06. The van der Waals surface area contributed by atoms with Crippen LogP contribution in [0.25, 0.3) is 11.1 Å². The molecule has 23 heavy (non-hydrogen) atoms. The third-order valence-corrected chi connectivity index (χ3v) is 4.26. The number of hydrogen-bond donors (Lipinski definition) is 1. The molecule has 3 rings (SSSR count). The molecule has 0 saturated heterocycles. The smallest absolute Gasteiger partial charge is 0.196 e. The summed E-state index contributed by atoms with van der Waals surface area (Å²) in [6, 6.07) is 17.4. The number of carbonyl (C=O) groups excluding carboxylic acids is 1. The zero-order valence-corrected chi connectivity index (χ0v) is 14.5. The van der Waals surface area contributed by atoms with Gasteiger partial charge < -0.3 is 5.73 Å². The zero-order chi connectivity index (χ0) is 16.8. The second-order valence-electron chi connectivity index (χ2n) is 4.95. The van der Waals surface area contributed by atoms with Crippen LogP contribution in [0.2, 0.25) is 0 Å². The van der Waals surface area contributed by atoms with Gasteiger partial charge in [-0.1, -0.05) is 74.0 Å². The third kappa shape index (κ3) is 3.69. The van der Waals surface area contributed by atoms with Crippen molar-refractivity contribution in [1.29, 1.82) is 0 Å². The molecule has 118 valence electrons. The summed E-state index contributed by atoms with van der Waals surface area (Å²) in [6.07, 6.45) is 0. The highest BCUT2D eigenvalue weighted by Crippen LogP contribution is 2.35. The van der Waals surface area contributed by atoms with E-state index in [9.17, 15) is 4.79 Å². The predicted molar refractivity (Wildman–Crippen MR) is 100 cm³/mol. The summed E-state index contributed by atoms with van der Waals surface area (Å²) in [4.78, 5) is 12.7. The zero-order valence-electron chi connectivity index (χ0n) is 13.7. The summed E-state index contributed by atoms with van der Waals surface area (Å²) in [5, 5.41) is 2.52. The molecule has 0 unspecified atom stereocenters. The fourth-order valence-electron chi connectivity index (χ4n) is 2.29. The maximum atomic E-state index is 12.7. The van der Waals surface area contributed by atoms with Crippen LogP contribution in [-0.2, 0) is 0 Å². The van der Waals surface area contributed by atoms with E-state index >= 15 is 0 Å². The number of aryl methyl sites for hydroxylation is 1. The first-order chi connectivity index (χ1) is 11.2. The summed E-state index contributed by atoms with van der Waals surface area (Å²) in [7, 11) is 0. The van der Waals surface area contributed by atoms with Crippen molar-refractivity contribution < 1.29 is 4.79 Å². The van der Waals surface area contributed by atoms with E-state index in [1.807, 2.05) is 80.7 Å². The molecule has 0 fully saturated rings. The van der Waals surface area contributed by atoms with Gasteiger partial charge in [-0.15, -0.1) is 11.3 Å². The maximum absolute atomic E-state index is 12.7. The van der Waals surface area contributed by atoms with E-state index in [0.29, 0.717) is 16.1 Å². The molecule has 0 radical (unpaired) electrons. The number of thiophene rings is 1. The highest BCUT2D eigenvalue weighted by Gasteiger charge is 2.19. The summed E-state index contributed by atoms with van der Waals surface area (Å²) in [5.74, 6) is -0.0232. The number of benzene rings is 2. The lowest BCUT2D eigenvalue weighted by molar-refractivity contribution is 0.104. The van der Waals surface area contributed by atoms with E-state index in [1.165, 1.54) is 16.9 Å². The van der Waals surface area contributed by atoms with Gasteiger partial charge in [0.25, 0.3) is 0 Å². The molecular weight excluding hydrogens is 302 g/mol. The van der Waals surface area contributed by atoms with Crippen molar-refractivity contribution >= 4 is 22.1 Å². The number of rotatable bonds is 3. The summed E-state index contributed by atoms with van der Waals surface area (Å²) in [5.41, 5.74) is 10.4. The average Bonchev–Trinajstić information content (AvgIpc) is 2.99. The Hall–Kier alpha value is -2.39. The molecule has 2 aromatic carbocycles. The molecule has 0 bridgehead atoms. The van der Waals surface area contributed by atoms with Gasteiger partial charge in [0.15, 0.2) is 5.78 Å². The lowest BCUT2D eigenvalue weighted by Crippen LogP contribution is -2.04. The van der Waals surface area contributed by atoms with Crippen molar-refractivity contribution in [2.24, 2.45) is 0 Å². The van der Waals surface area contributed by atoms with Gasteiger partial charge in [-0.25, -0.2) is 0 Å². The van der Waals surface area contributed by atoms with E-state index < -0.39 is 0 Å². The van der Waals surface area contributed by atoms with Crippen LogP contribution in [-0.4, -0.2) is 5.78 Å². The van der Waals surface area contributed by atoms with Crippen LogP contribution < -0.4 is 5.73 Å². The fraction of sp³-hybridized carbons (Fsp3) is 0.150. The Labute approximate surface area is 141 Å². The van der Waals surface area contributed by atoms with Crippen molar-refractivity contribution in [3.63, 3.8) is 0 Å². The number of anilines is 1. The minimum atomic E-state index is -0.0232. The predicted octanol–water partition coefficient (Wildman–Crippen LogP) is 5.56. The van der Waals surface area contributed by atoms with Crippen molar-refractivity contribution in [2.45, 2.75) is 20.8 Å². The Morgan fingerprint density at radius 2 is 1.57 bits per heavy atom. The van der Waals surface area contributed by atoms with Crippen molar-refractivity contribution in [3.8, 4) is 11.1 Å². The van der Waals surface area contributed by atoms with Crippen LogP contribution in [0, 0.1) is 6.92 Å². The van der Waals surface area contributed by atoms with Gasteiger partial charge in [0.2, 0.25) is 0 Å². The minimum Gasteiger partial charge on any atom is -0.390 e. The molecule has 3 aromatic rings. The standard InChI is InChI=1S/C18H15NOS.C2H6/c1-12-7-9-13(10-8-12)15-11-21-18(19)16(15)17(20)14-5-3-2-4-6-14;1-2/h2-11H,19H2,1H3;1-2H3. The Morgan fingerprint density at radius 1 is 0.957 bits per heavy atom. The Balaban J connectivity index is 0.000000924. The molecule has 0 atom stereocenters. The Morgan fingerprint density at radius 3 is 2.17 bits per heavy atom. The van der Waals surface area contributed by atoms with Crippen LogP contribution >= 0.6 is 11.3 Å². The van der Waals surface area contributed by atoms with Crippen molar-refractivity contribution in [2.75, 3.05) is 5.73 Å². The van der Waals surface area contributed by atoms with E-state index in [-0.39, 0.29) is 5.78 Å². The molecule has 0 aliphatic rings. The number of hydrogen-bond acceptors (Lipinski definition) is 3. The largest absolute Gasteiger partial charge is 0.390 e. The molecule has 0 amide bonds. The summed E-state index contributed by atoms with van der Waals surface area (Å²) >= 11 is 1.41. The molecule has 3 heteroatoms. The summed E-state index contributed by atoms with van der Waals surface area (Å²) in [6.45, 7) is 6.04. The molecule has 2 nitrogen and oxygen atoms in total. The quantitative estimate of drug-likeness (QED) is 0.641. The maximum Gasteiger partial charge on any atom is 0.196 e. The number of nitrogen functional groups attached to an aromatic ring is 1. The van der Waals surface area contributed by atoms with Crippen LogP contribution in [0.15, 0.2) is 60.0 Å².